The zero-order valence-electron chi connectivity index (χ0n) is 13.6. The van der Waals surface area contributed by atoms with Gasteiger partial charge in [-0.25, -0.2) is 5.43 Å². The quantitative estimate of drug-likeness (QED) is 0.796. The van der Waals surface area contributed by atoms with Crippen molar-refractivity contribution in [2.75, 3.05) is 13.2 Å². The molecule has 1 aliphatic heterocycles. The van der Waals surface area contributed by atoms with Crippen LogP contribution in [0.25, 0.3) is 0 Å². The first-order valence-electron chi connectivity index (χ1n) is 7.65. The average molecular weight is 359 g/mol. The number of hydrazone groups is 1. The molecule has 0 atom stereocenters. The van der Waals surface area contributed by atoms with Gasteiger partial charge in [0.15, 0.2) is 11.8 Å². The van der Waals surface area contributed by atoms with Crippen LogP contribution in [0.2, 0.25) is 0 Å². The van der Waals surface area contributed by atoms with E-state index in [-0.39, 0.29) is 18.3 Å². The summed E-state index contributed by atoms with van der Waals surface area (Å²) in [5, 5.41) is 4.44. The van der Waals surface area contributed by atoms with E-state index in [1.54, 1.807) is 23.3 Å². The fraction of sp³-hybridized carbons (Fsp3) is 0.235. The Morgan fingerprint density at radius 2 is 2.20 bits per heavy atom. The minimum absolute atomic E-state index is 0.0317. The predicted octanol–water partition coefficient (Wildman–Crippen LogP) is 2.13. The van der Waals surface area contributed by atoms with Crippen LogP contribution >= 0.6 is 11.8 Å². The summed E-state index contributed by atoms with van der Waals surface area (Å²) in [6.45, 7) is 2.39. The Morgan fingerprint density at radius 3 is 2.96 bits per heavy atom. The number of nitrogens with zero attached hydrogens (tertiary/aromatic N) is 2. The summed E-state index contributed by atoms with van der Waals surface area (Å²) >= 11 is 0.994. The van der Waals surface area contributed by atoms with E-state index in [9.17, 15) is 9.59 Å². The molecule has 130 valence electrons. The van der Waals surface area contributed by atoms with Crippen molar-refractivity contribution >= 4 is 28.0 Å². The number of nitrogens with one attached hydrogen (secondary N) is 1. The molecule has 3 rings (SSSR count). The molecule has 1 N–H and O–H groups in total. The number of carbonyl (C=O) groups excluding carboxylic acids is 2. The summed E-state index contributed by atoms with van der Waals surface area (Å²) < 4.78 is 10.7. The molecular formula is C17H17N3O4S. The number of para-hydroxylation sites is 1. The highest BCUT2D eigenvalue weighted by atomic mass is 32.2. The Bertz CT molecular complexity index is 789. The van der Waals surface area contributed by atoms with Gasteiger partial charge in [0.2, 0.25) is 5.12 Å². The number of ether oxygens (including phenoxy) is 1. The maximum absolute atomic E-state index is 11.9. The van der Waals surface area contributed by atoms with Crippen LogP contribution in [0.4, 0.5) is 0 Å². The van der Waals surface area contributed by atoms with Gasteiger partial charge in [0, 0.05) is 0 Å². The topological polar surface area (TPSA) is 84.1 Å². The van der Waals surface area contributed by atoms with E-state index in [0.717, 1.165) is 23.1 Å². The maximum Gasteiger partial charge on any atom is 0.278 e. The Kier molecular flexibility index (Phi) is 5.39. The number of aryl methyl sites for hydroxylation is 1. The third-order valence-corrected chi connectivity index (χ3v) is 4.34. The number of carbonyl (C=O) groups is 2. The van der Waals surface area contributed by atoms with Gasteiger partial charge in [-0.15, -0.1) is 5.10 Å². The van der Waals surface area contributed by atoms with Gasteiger partial charge < -0.3 is 14.1 Å². The van der Waals surface area contributed by atoms with Gasteiger partial charge in [-0.2, -0.15) is 0 Å². The van der Waals surface area contributed by atoms with Crippen LogP contribution in [-0.4, -0.2) is 34.2 Å². The number of rotatable bonds is 6. The average Bonchev–Trinajstić information content (AvgIpc) is 3.22. The highest BCUT2D eigenvalue weighted by molar-refractivity contribution is 8.26. The van der Waals surface area contributed by atoms with Gasteiger partial charge in [0.25, 0.3) is 5.91 Å². The third kappa shape index (κ3) is 4.63. The maximum atomic E-state index is 11.9. The molecular weight excluding hydrogens is 342 g/mol. The lowest BCUT2D eigenvalue weighted by atomic mass is 10.2. The Balaban J connectivity index is 1.55. The standard InChI is InChI=1S/C17H17N3O4S/c1-12-5-2-3-7-14(12)24-11-15(21)18-19-17-20(10-16(22)25-17)9-13-6-4-8-23-13/h2-8H,9-11H2,1H3,(H,18,21)/b19-17+. The summed E-state index contributed by atoms with van der Waals surface area (Å²) in [5.74, 6) is 0.973. The molecule has 2 aromatic rings. The number of benzene rings is 1. The van der Waals surface area contributed by atoms with E-state index in [0.29, 0.717) is 17.5 Å². The van der Waals surface area contributed by atoms with Crippen molar-refractivity contribution in [1.29, 1.82) is 0 Å². The molecule has 0 saturated carbocycles. The summed E-state index contributed by atoms with van der Waals surface area (Å²) in [6.07, 6.45) is 1.57. The SMILES string of the molecule is Cc1ccccc1OCC(=O)N/N=C1/SC(=O)CN1Cc1ccco1. The number of hydrogen-bond acceptors (Lipinski definition) is 6. The molecule has 0 aliphatic carbocycles. The lowest BCUT2D eigenvalue weighted by Crippen LogP contribution is -2.30. The normalized spacial score (nSPS) is 15.6. The summed E-state index contributed by atoms with van der Waals surface area (Å²) in [7, 11) is 0. The molecule has 1 aromatic carbocycles. The first-order valence-corrected chi connectivity index (χ1v) is 8.46. The van der Waals surface area contributed by atoms with Gasteiger partial charge in [-0.1, -0.05) is 18.2 Å². The van der Waals surface area contributed by atoms with Crippen molar-refractivity contribution in [3.05, 3.63) is 54.0 Å². The number of furan rings is 1. The van der Waals surface area contributed by atoms with E-state index in [1.165, 1.54) is 0 Å². The second kappa shape index (κ2) is 7.89. The molecule has 2 heterocycles. The first kappa shape index (κ1) is 17.1. The fourth-order valence-corrected chi connectivity index (χ4v) is 3.01. The van der Waals surface area contributed by atoms with Crippen LogP contribution in [-0.2, 0) is 16.1 Å². The third-order valence-electron chi connectivity index (χ3n) is 3.45. The highest BCUT2D eigenvalue weighted by Gasteiger charge is 2.28. The zero-order valence-corrected chi connectivity index (χ0v) is 14.4. The largest absolute Gasteiger partial charge is 0.483 e. The highest BCUT2D eigenvalue weighted by Crippen LogP contribution is 2.22. The van der Waals surface area contributed by atoms with Crippen molar-refractivity contribution in [2.24, 2.45) is 5.10 Å². The van der Waals surface area contributed by atoms with Crippen LogP contribution in [0, 0.1) is 6.92 Å². The van der Waals surface area contributed by atoms with Crippen LogP contribution < -0.4 is 10.2 Å². The number of amides is 1. The minimum Gasteiger partial charge on any atom is -0.483 e. The summed E-state index contributed by atoms with van der Waals surface area (Å²) in [5.41, 5.74) is 3.37. The minimum atomic E-state index is -0.395. The Hall–Kier alpha value is -2.74. The van der Waals surface area contributed by atoms with Gasteiger partial charge in [0.05, 0.1) is 19.4 Å². The van der Waals surface area contributed by atoms with Crippen molar-refractivity contribution in [3.8, 4) is 5.75 Å². The predicted molar refractivity (Wildman–Crippen MR) is 94.0 cm³/mol. The number of amidine groups is 1. The molecule has 8 heteroatoms. The van der Waals surface area contributed by atoms with E-state index in [4.69, 9.17) is 9.15 Å². The number of hydrogen-bond donors (Lipinski definition) is 1. The van der Waals surface area contributed by atoms with Crippen molar-refractivity contribution < 1.29 is 18.7 Å². The molecule has 1 saturated heterocycles. The van der Waals surface area contributed by atoms with E-state index < -0.39 is 5.91 Å². The smallest absolute Gasteiger partial charge is 0.278 e. The monoisotopic (exact) mass is 359 g/mol. The van der Waals surface area contributed by atoms with E-state index in [1.807, 2.05) is 31.2 Å². The number of thioether (sulfide) groups is 1. The van der Waals surface area contributed by atoms with Crippen LogP contribution in [0.3, 0.4) is 0 Å². The lowest BCUT2D eigenvalue weighted by Gasteiger charge is -2.14. The fourth-order valence-electron chi connectivity index (χ4n) is 2.23. The second-order valence-corrected chi connectivity index (χ2v) is 6.42. The van der Waals surface area contributed by atoms with Gasteiger partial charge in [0.1, 0.15) is 11.5 Å². The molecule has 0 bridgehead atoms. The van der Waals surface area contributed by atoms with Gasteiger partial charge in [-0.05, 0) is 42.4 Å². The summed E-state index contributed by atoms with van der Waals surface area (Å²) in [4.78, 5) is 25.3. The van der Waals surface area contributed by atoms with Crippen LogP contribution in [0.1, 0.15) is 11.3 Å². The first-order chi connectivity index (χ1) is 12.1. The van der Waals surface area contributed by atoms with Gasteiger partial charge in [-0.3, -0.25) is 9.59 Å². The molecule has 0 spiro atoms. The molecule has 1 aliphatic rings. The molecule has 0 radical (unpaired) electrons. The molecule has 0 unspecified atom stereocenters. The van der Waals surface area contributed by atoms with E-state index >= 15 is 0 Å². The molecule has 7 nitrogen and oxygen atoms in total. The Morgan fingerprint density at radius 1 is 1.36 bits per heavy atom. The molecule has 1 fully saturated rings. The van der Waals surface area contributed by atoms with Crippen molar-refractivity contribution in [3.63, 3.8) is 0 Å². The van der Waals surface area contributed by atoms with Crippen molar-refractivity contribution in [2.45, 2.75) is 13.5 Å². The summed E-state index contributed by atoms with van der Waals surface area (Å²) in [6, 6.07) is 11.0. The molecule has 1 aromatic heterocycles. The molecule has 1 amide bonds. The lowest BCUT2D eigenvalue weighted by molar-refractivity contribution is -0.123. The van der Waals surface area contributed by atoms with Gasteiger partial charge >= 0.3 is 0 Å². The second-order valence-electron chi connectivity index (χ2n) is 5.39. The Labute approximate surface area is 149 Å². The van der Waals surface area contributed by atoms with Crippen LogP contribution in [0.15, 0.2) is 52.2 Å². The molecule has 25 heavy (non-hydrogen) atoms. The van der Waals surface area contributed by atoms with E-state index in [2.05, 4.69) is 10.5 Å². The van der Waals surface area contributed by atoms with Crippen molar-refractivity contribution in [1.82, 2.24) is 10.3 Å². The van der Waals surface area contributed by atoms with Crippen LogP contribution in [0.5, 0.6) is 5.75 Å². The zero-order chi connectivity index (χ0) is 17.6.